The molecular weight excluding hydrogens is 338 g/mol. The molecule has 0 unspecified atom stereocenters. The van der Waals surface area contributed by atoms with E-state index in [9.17, 15) is 14.7 Å². The van der Waals surface area contributed by atoms with Crippen LogP contribution in [0.15, 0.2) is 24.3 Å². The second-order valence-corrected chi connectivity index (χ2v) is 5.79. The van der Waals surface area contributed by atoms with Crippen LogP contribution in [0.25, 0.3) is 0 Å². The Bertz CT molecular complexity index is 823. The van der Waals surface area contributed by atoms with Gasteiger partial charge in [-0.1, -0.05) is 0 Å². The van der Waals surface area contributed by atoms with Crippen molar-refractivity contribution >= 4 is 28.6 Å². The summed E-state index contributed by atoms with van der Waals surface area (Å²) in [6.07, 6.45) is 0. The predicted molar refractivity (Wildman–Crippen MR) is 97.0 cm³/mol. The minimum absolute atomic E-state index is 0.0335. The smallest absolute Gasteiger partial charge is 0.200 e. The zero-order valence-electron chi connectivity index (χ0n) is 13.9. The number of phenolic OH excluding ortho intramolecular Hbond substituents is 1. The van der Waals surface area contributed by atoms with Crippen LogP contribution in [0.4, 0.5) is 17.1 Å². The monoisotopic (exact) mass is 357 g/mol. The van der Waals surface area contributed by atoms with Crippen LogP contribution in [0.3, 0.4) is 0 Å². The number of fused-ring (bicyclic) bond motifs is 2. The Balaban J connectivity index is 2.26. The number of nitrogens with two attached hydrogens (primary N) is 1. The van der Waals surface area contributed by atoms with Gasteiger partial charge in [-0.2, -0.15) is 0 Å². The first-order valence-electron chi connectivity index (χ1n) is 8.08. The van der Waals surface area contributed by atoms with E-state index in [1.54, 1.807) is 12.1 Å². The first-order valence-corrected chi connectivity index (χ1v) is 8.08. The maximum Gasteiger partial charge on any atom is 0.200 e. The second-order valence-electron chi connectivity index (χ2n) is 5.79. The van der Waals surface area contributed by atoms with Gasteiger partial charge in [0.1, 0.15) is 5.75 Å². The fourth-order valence-electron chi connectivity index (χ4n) is 3.08. The summed E-state index contributed by atoms with van der Waals surface area (Å²) in [5.74, 6) is -1.34. The molecule has 2 aromatic rings. The van der Waals surface area contributed by atoms with Crippen LogP contribution in [0.2, 0.25) is 0 Å². The van der Waals surface area contributed by atoms with Gasteiger partial charge in [0.05, 0.1) is 35.5 Å². The van der Waals surface area contributed by atoms with Crippen molar-refractivity contribution in [3.05, 3.63) is 46.5 Å². The molecule has 8 nitrogen and oxygen atoms in total. The van der Waals surface area contributed by atoms with Crippen LogP contribution in [0.1, 0.15) is 31.8 Å². The van der Waals surface area contributed by atoms with Crippen molar-refractivity contribution in [2.75, 3.05) is 42.7 Å². The Kier molecular flexibility index (Phi) is 4.79. The van der Waals surface area contributed by atoms with Gasteiger partial charge in [0.2, 0.25) is 0 Å². The van der Waals surface area contributed by atoms with E-state index < -0.39 is 11.6 Å². The lowest BCUT2D eigenvalue weighted by Crippen LogP contribution is -2.26. The summed E-state index contributed by atoms with van der Waals surface area (Å²) < 4.78 is 0. The first kappa shape index (κ1) is 17.7. The highest BCUT2D eigenvalue weighted by molar-refractivity contribution is 6.34. The molecule has 2 aromatic carbocycles. The summed E-state index contributed by atoms with van der Waals surface area (Å²) in [4.78, 5) is 26.2. The van der Waals surface area contributed by atoms with E-state index in [4.69, 9.17) is 15.9 Å². The molecular formula is C18H19N3O5. The number of aliphatic hydroxyl groups excluding tert-OH is 2. The zero-order valence-corrected chi connectivity index (χ0v) is 13.9. The molecule has 0 fully saturated rings. The molecule has 0 amide bonds. The van der Waals surface area contributed by atoms with Gasteiger partial charge < -0.3 is 31.7 Å². The molecule has 0 saturated carbocycles. The van der Waals surface area contributed by atoms with E-state index in [-0.39, 0.29) is 60.0 Å². The lowest BCUT2D eigenvalue weighted by molar-refractivity contribution is 0.0978. The normalized spacial score (nSPS) is 12.5. The minimum Gasteiger partial charge on any atom is -0.507 e. The molecule has 7 N–H and O–H groups in total. The lowest BCUT2D eigenvalue weighted by Gasteiger charge is -2.25. The third-order valence-corrected chi connectivity index (χ3v) is 4.18. The molecule has 1 aliphatic carbocycles. The number of carbonyl (C=O) groups is 2. The molecule has 0 heterocycles. The van der Waals surface area contributed by atoms with Crippen molar-refractivity contribution in [3.63, 3.8) is 0 Å². The number of nitrogen functional groups attached to an aromatic ring is 1. The molecule has 136 valence electrons. The average molecular weight is 357 g/mol. The molecule has 0 radical (unpaired) electrons. The highest BCUT2D eigenvalue weighted by Gasteiger charge is 2.37. The minimum atomic E-state index is -0.535. The highest BCUT2D eigenvalue weighted by atomic mass is 16.3. The van der Waals surface area contributed by atoms with E-state index in [0.29, 0.717) is 11.4 Å². The summed E-state index contributed by atoms with van der Waals surface area (Å²) in [5, 5.41) is 34.1. The standard InChI is InChI=1S/C18H19N3O5/c19-9-1-4-12(24)16-13(9)17(25)14-10(20-5-7-22)2-3-11(21-6-8-23)15(14)18(16)26/h1-4,20-24H,5-8,19H2. The van der Waals surface area contributed by atoms with Gasteiger partial charge in [0.25, 0.3) is 0 Å². The van der Waals surface area contributed by atoms with E-state index >= 15 is 0 Å². The van der Waals surface area contributed by atoms with Gasteiger partial charge >= 0.3 is 0 Å². The predicted octanol–water partition coefficient (Wildman–Crippen LogP) is 0.558. The maximum absolute atomic E-state index is 13.1. The topological polar surface area (TPSA) is 145 Å². The van der Waals surface area contributed by atoms with Gasteiger partial charge in [-0.25, -0.2) is 0 Å². The van der Waals surface area contributed by atoms with Crippen molar-refractivity contribution in [1.29, 1.82) is 0 Å². The van der Waals surface area contributed by atoms with E-state index in [1.807, 2.05) is 0 Å². The Labute approximate surface area is 149 Å². The number of hydrogen-bond acceptors (Lipinski definition) is 8. The van der Waals surface area contributed by atoms with Crippen LogP contribution in [-0.2, 0) is 0 Å². The van der Waals surface area contributed by atoms with Gasteiger partial charge in [0, 0.05) is 30.2 Å². The summed E-state index contributed by atoms with van der Waals surface area (Å²) >= 11 is 0. The van der Waals surface area contributed by atoms with Crippen LogP contribution >= 0.6 is 0 Å². The number of carbonyl (C=O) groups excluding carboxylic acids is 2. The van der Waals surface area contributed by atoms with Crippen LogP contribution < -0.4 is 16.4 Å². The molecule has 0 spiro atoms. The molecule has 0 aliphatic heterocycles. The van der Waals surface area contributed by atoms with Crippen LogP contribution in [0.5, 0.6) is 5.75 Å². The van der Waals surface area contributed by atoms with Crippen LogP contribution in [0, 0.1) is 0 Å². The molecule has 0 bridgehead atoms. The van der Waals surface area contributed by atoms with Gasteiger partial charge in [0.15, 0.2) is 11.6 Å². The van der Waals surface area contributed by atoms with E-state index in [2.05, 4.69) is 10.6 Å². The highest BCUT2D eigenvalue weighted by Crippen LogP contribution is 2.41. The Morgan fingerprint density at radius 3 is 1.77 bits per heavy atom. The molecule has 0 aromatic heterocycles. The lowest BCUT2D eigenvalue weighted by atomic mass is 9.81. The van der Waals surface area contributed by atoms with Gasteiger partial charge in [-0.15, -0.1) is 0 Å². The number of benzene rings is 2. The number of phenols is 1. The quantitative estimate of drug-likeness (QED) is 0.277. The first-order chi connectivity index (χ1) is 12.5. The molecule has 8 heteroatoms. The number of anilines is 3. The Hall–Kier alpha value is -3.10. The SMILES string of the molecule is Nc1ccc(O)c2c1C(=O)c1c(NCCO)ccc(NCCO)c1C2=O. The summed E-state index contributed by atoms with van der Waals surface area (Å²) in [6, 6.07) is 5.87. The van der Waals surface area contributed by atoms with Crippen molar-refractivity contribution in [3.8, 4) is 5.75 Å². The van der Waals surface area contributed by atoms with Crippen molar-refractivity contribution in [2.45, 2.75) is 0 Å². The fraction of sp³-hybridized carbons (Fsp3) is 0.222. The molecule has 0 saturated heterocycles. The van der Waals surface area contributed by atoms with Gasteiger partial charge in [-0.05, 0) is 24.3 Å². The summed E-state index contributed by atoms with van der Waals surface area (Å²) in [6.45, 7) is 0.0734. The zero-order chi connectivity index (χ0) is 18.8. The number of aliphatic hydroxyl groups is 2. The summed E-state index contributed by atoms with van der Waals surface area (Å²) in [5.41, 5.74) is 6.80. The van der Waals surface area contributed by atoms with Crippen LogP contribution in [-0.4, -0.2) is 53.2 Å². The van der Waals surface area contributed by atoms with Crippen molar-refractivity contribution < 1.29 is 24.9 Å². The fourth-order valence-corrected chi connectivity index (χ4v) is 3.08. The van der Waals surface area contributed by atoms with Crippen molar-refractivity contribution in [2.24, 2.45) is 0 Å². The number of aromatic hydroxyl groups is 1. The molecule has 1 aliphatic rings. The molecule has 0 atom stereocenters. The van der Waals surface area contributed by atoms with Crippen molar-refractivity contribution in [1.82, 2.24) is 0 Å². The third-order valence-electron chi connectivity index (χ3n) is 4.18. The number of rotatable bonds is 6. The number of nitrogens with one attached hydrogen (secondary N) is 2. The Morgan fingerprint density at radius 2 is 1.27 bits per heavy atom. The number of hydrogen-bond donors (Lipinski definition) is 6. The van der Waals surface area contributed by atoms with Gasteiger partial charge in [-0.3, -0.25) is 9.59 Å². The average Bonchev–Trinajstić information content (AvgIpc) is 2.64. The largest absolute Gasteiger partial charge is 0.507 e. The van der Waals surface area contributed by atoms with E-state index in [0.717, 1.165) is 0 Å². The van der Waals surface area contributed by atoms with E-state index in [1.165, 1.54) is 12.1 Å². The summed E-state index contributed by atoms with van der Waals surface area (Å²) in [7, 11) is 0. The number of ketones is 2. The third kappa shape index (κ3) is 2.75. The second kappa shape index (κ2) is 7.03. The molecule has 26 heavy (non-hydrogen) atoms. The Morgan fingerprint density at radius 1 is 0.769 bits per heavy atom. The maximum atomic E-state index is 13.1. The molecule has 3 rings (SSSR count).